The molecule has 0 radical (unpaired) electrons. The van der Waals surface area contributed by atoms with E-state index in [4.69, 9.17) is 4.74 Å². The molecule has 2 aromatic heterocycles. The number of hydrogen-bond donors (Lipinski definition) is 2. The minimum Gasteiger partial charge on any atom is -0.486 e. The predicted octanol–water partition coefficient (Wildman–Crippen LogP) is 1.70. The van der Waals surface area contributed by atoms with Crippen LogP contribution in [0.4, 0.5) is 0 Å². The molecule has 7 nitrogen and oxygen atoms in total. The lowest BCUT2D eigenvalue weighted by Crippen LogP contribution is -2.25. The number of rotatable bonds is 3. The number of amides is 1. The number of fused-ring (bicyclic) bond motifs is 2. The Labute approximate surface area is 143 Å². The molecule has 4 rings (SSSR count). The zero-order chi connectivity index (χ0) is 17.4. The minimum atomic E-state index is -0.278. The van der Waals surface area contributed by atoms with E-state index in [1.54, 1.807) is 6.20 Å². The van der Waals surface area contributed by atoms with E-state index in [2.05, 4.69) is 20.3 Å². The maximum atomic E-state index is 12.5. The van der Waals surface area contributed by atoms with Gasteiger partial charge in [-0.15, -0.1) is 0 Å². The minimum absolute atomic E-state index is 0.0548. The molecule has 0 bridgehead atoms. The summed E-state index contributed by atoms with van der Waals surface area (Å²) in [5.41, 5.74) is 4.40. The maximum absolute atomic E-state index is 12.5. The summed E-state index contributed by atoms with van der Waals surface area (Å²) in [7, 11) is 0. The Balaban J connectivity index is 1.52. The highest BCUT2D eigenvalue weighted by Gasteiger charge is 2.18. The van der Waals surface area contributed by atoms with Crippen LogP contribution in [0.2, 0.25) is 0 Å². The number of aromatic amines is 1. The first kappa shape index (κ1) is 15.3. The van der Waals surface area contributed by atoms with Crippen molar-refractivity contribution in [2.24, 2.45) is 0 Å². The number of nitrogens with zero attached hydrogens (tertiary/aromatic N) is 2. The summed E-state index contributed by atoms with van der Waals surface area (Å²) in [6, 6.07) is 5.60. The van der Waals surface area contributed by atoms with Crippen LogP contribution < -0.4 is 10.1 Å². The van der Waals surface area contributed by atoms with Crippen molar-refractivity contribution in [3.63, 3.8) is 0 Å². The van der Waals surface area contributed by atoms with Gasteiger partial charge in [0, 0.05) is 24.7 Å². The number of benzene rings is 1. The van der Waals surface area contributed by atoms with Gasteiger partial charge in [0.1, 0.15) is 18.7 Å². The Morgan fingerprint density at radius 1 is 1.36 bits per heavy atom. The Morgan fingerprint density at radius 3 is 3.12 bits per heavy atom. The van der Waals surface area contributed by atoms with Crippen molar-refractivity contribution in [3.8, 4) is 5.75 Å². The van der Waals surface area contributed by atoms with Crippen LogP contribution in [-0.2, 0) is 17.8 Å². The standard InChI is InChI=1S/C18H16N4O3/c1-10-6-19-16-15(10)21-9-22-17(16)18(24)20-7-11-2-3-14-12(4-11)5-13(23)8-25-14/h2-4,6,9,19H,5,7-8H2,1H3,(H,20,24). The van der Waals surface area contributed by atoms with E-state index in [1.807, 2.05) is 25.1 Å². The van der Waals surface area contributed by atoms with Crippen molar-refractivity contribution >= 4 is 22.7 Å². The predicted molar refractivity (Wildman–Crippen MR) is 90.4 cm³/mol. The summed E-state index contributed by atoms with van der Waals surface area (Å²) in [6.07, 6.45) is 3.56. The summed E-state index contributed by atoms with van der Waals surface area (Å²) < 4.78 is 5.38. The smallest absolute Gasteiger partial charge is 0.272 e. The first-order valence-corrected chi connectivity index (χ1v) is 7.95. The highest BCUT2D eigenvalue weighted by atomic mass is 16.5. The van der Waals surface area contributed by atoms with Crippen molar-refractivity contribution in [1.82, 2.24) is 20.3 Å². The molecule has 126 valence electrons. The molecule has 0 fully saturated rings. The second-order valence-electron chi connectivity index (χ2n) is 6.05. The SMILES string of the molecule is Cc1c[nH]c2c(C(=O)NCc3ccc4c(c3)CC(=O)CO4)ncnc12. The molecule has 3 aromatic rings. The Morgan fingerprint density at radius 2 is 2.24 bits per heavy atom. The van der Waals surface area contributed by atoms with Gasteiger partial charge in [0.15, 0.2) is 11.5 Å². The van der Waals surface area contributed by atoms with E-state index < -0.39 is 0 Å². The number of carbonyl (C=O) groups is 2. The second kappa shape index (κ2) is 6.01. The van der Waals surface area contributed by atoms with Crippen molar-refractivity contribution < 1.29 is 14.3 Å². The fraction of sp³-hybridized carbons (Fsp3) is 0.222. The molecule has 0 atom stereocenters. The summed E-state index contributed by atoms with van der Waals surface area (Å²) in [5, 5.41) is 2.86. The molecule has 0 aliphatic carbocycles. The largest absolute Gasteiger partial charge is 0.486 e. The van der Waals surface area contributed by atoms with Gasteiger partial charge >= 0.3 is 0 Å². The molecule has 2 N–H and O–H groups in total. The average Bonchev–Trinajstić information content (AvgIpc) is 3.00. The molecular formula is C18H16N4O3. The Bertz CT molecular complexity index is 993. The highest BCUT2D eigenvalue weighted by molar-refractivity contribution is 6.03. The van der Waals surface area contributed by atoms with Crippen LogP contribution >= 0.6 is 0 Å². The number of hydrogen-bond acceptors (Lipinski definition) is 5. The van der Waals surface area contributed by atoms with Gasteiger partial charge in [0.2, 0.25) is 0 Å². The van der Waals surface area contributed by atoms with Crippen molar-refractivity contribution in [2.45, 2.75) is 19.9 Å². The van der Waals surface area contributed by atoms with Gasteiger partial charge in [-0.3, -0.25) is 9.59 Å². The number of carbonyl (C=O) groups excluding carboxylic acids is 2. The fourth-order valence-electron chi connectivity index (χ4n) is 2.95. The lowest BCUT2D eigenvalue weighted by molar-refractivity contribution is -0.121. The van der Waals surface area contributed by atoms with E-state index in [0.29, 0.717) is 24.2 Å². The van der Waals surface area contributed by atoms with Crippen molar-refractivity contribution in [3.05, 3.63) is 53.1 Å². The molecule has 1 aromatic carbocycles. The molecule has 1 aliphatic heterocycles. The van der Waals surface area contributed by atoms with Gasteiger partial charge in [-0.25, -0.2) is 9.97 Å². The lowest BCUT2D eigenvalue weighted by atomic mass is 10.0. The fourth-order valence-corrected chi connectivity index (χ4v) is 2.95. The van der Waals surface area contributed by atoms with Crippen LogP contribution in [0, 0.1) is 6.92 Å². The number of Topliss-reactive ketones (excluding diaryl/α,β-unsaturated/α-hetero) is 1. The topological polar surface area (TPSA) is 97.0 Å². The summed E-state index contributed by atoms with van der Waals surface area (Å²) >= 11 is 0. The van der Waals surface area contributed by atoms with Crippen molar-refractivity contribution in [1.29, 1.82) is 0 Å². The first-order valence-electron chi connectivity index (χ1n) is 7.95. The van der Waals surface area contributed by atoms with Crippen LogP contribution in [0.25, 0.3) is 11.0 Å². The monoisotopic (exact) mass is 336 g/mol. The van der Waals surface area contributed by atoms with Crippen LogP contribution in [0.3, 0.4) is 0 Å². The summed E-state index contributed by atoms with van der Waals surface area (Å²) in [4.78, 5) is 35.3. The quantitative estimate of drug-likeness (QED) is 0.759. The molecule has 0 unspecified atom stereocenters. The molecule has 1 aliphatic rings. The maximum Gasteiger partial charge on any atom is 0.272 e. The normalized spacial score (nSPS) is 13.4. The molecular weight excluding hydrogens is 320 g/mol. The molecule has 3 heterocycles. The third kappa shape index (κ3) is 2.84. The molecule has 0 spiro atoms. The Kier molecular flexibility index (Phi) is 3.68. The van der Waals surface area contributed by atoms with Crippen LogP contribution in [0.1, 0.15) is 27.2 Å². The number of H-pyrrole nitrogens is 1. The number of aromatic nitrogens is 3. The molecule has 1 amide bonds. The second-order valence-corrected chi connectivity index (χ2v) is 6.05. The van der Waals surface area contributed by atoms with Crippen LogP contribution in [-0.4, -0.2) is 33.2 Å². The third-order valence-corrected chi connectivity index (χ3v) is 4.22. The number of nitrogens with one attached hydrogen (secondary N) is 2. The van der Waals surface area contributed by atoms with Crippen LogP contribution in [0.5, 0.6) is 5.75 Å². The summed E-state index contributed by atoms with van der Waals surface area (Å²) in [5.74, 6) is 0.507. The van der Waals surface area contributed by atoms with E-state index in [0.717, 1.165) is 28.0 Å². The molecule has 7 heteroatoms. The summed E-state index contributed by atoms with van der Waals surface area (Å²) in [6.45, 7) is 2.39. The van der Waals surface area contributed by atoms with Crippen LogP contribution in [0.15, 0.2) is 30.7 Å². The Hall–Kier alpha value is -3.22. The van der Waals surface area contributed by atoms with Gasteiger partial charge in [-0.2, -0.15) is 0 Å². The third-order valence-electron chi connectivity index (χ3n) is 4.22. The first-order chi connectivity index (χ1) is 12.1. The van der Waals surface area contributed by atoms with Gasteiger partial charge < -0.3 is 15.0 Å². The lowest BCUT2D eigenvalue weighted by Gasteiger charge is -2.17. The van der Waals surface area contributed by atoms with Gasteiger partial charge in [-0.05, 0) is 30.2 Å². The number of aryl methyl sites for hydroxylation is 1. The highest BCUT2D eigenvalue weighted by Crippen LogP contribution is 2.24. The van der Waals surface area contributed by atoms with E-state index in [9.17, 15) is 9.59 Å². The van der Waals surface area contributed by atoms with E-state index in [-0.39, 0.29) is 18.3 Å². The van der Waals surface area contributed by atoms with E-state index >= 15 is 0 Å². The van der Waals surface area contributed by atoms with Gasteiger partial charge in [0.25, 0.3) is 5.91 Å². The molecule has 25 heavy (non-hydrogen) atoms. The van der Waals surface area contributed by atoms with E-state index in [1.165, 1.54) is 6.33 Å². The average molecular weight is 336 g/mol. The molecule has 0 saturated carbocycles. The zero-order valence-corrected chi connectivity index (χ0v) is 13.6. The molecule has 0 saturated heterocycles. The zero-order valence-electron chi connectivity index (χ0n) is 13.6. The van der Waals surface area contributed by atoms with Gasteiger partial charge in [0.05, 0.1) is 11.0 Å². The number of ketones is 1. The van der Waals surface area contributed by atoms with Crippen molar-refractivity contribution in [2.75, 3.05) is 6.61 Å². The number of ether oxygens (including phenoxy) is 1. The van der Waals surface area contributed by atoms with Gasteiger partial charge in [-0.1, -0.05) is 6.07 Å².